The third-order valence-electron chi connectivity index (χ3n) is 2.30. The zero-order valence-corrected chi connectivity index (χ0v) is 10.0. The molecule has 4 nitrogen and oxygen atoms in total. The summed E-state index contributed by atoms with van der Waals surface area (Å²) in [5, 5.41) is 8.41. The predicted octanol–water partition coefficient (Wildman–Crippen LogP) is 3.70. The van der Waals surface area contributed by atoms with Crippen LogP contribution in [0.5, 0.6) is 11.5 Å². The Labute approximate surface area is 101 Å². The second-order valence-electron chi connectivity index (χ2n) is 3.75. The van der Waals surface area contributed by atoms with Gasteiger partial charge < -0.3 is 14.6 Å². The second kappa shape index (κ2) is 7.54. The Morgan fingerprint density at radius 2 is 1.76 bits per heavy atom. The fourth-order valence-corrected chi connectivity index (χ4v) is 1.42. The van der Waals surface area contributed by atoms with Crippen LogP contribution in [0.25, 0.3) is 0 Å². The molecule has 0 amide bonds. The fraction of sp³-hybridized carbons (Fsp3) is 0.462. The number of benzene rings is 1. The lowest BCUT2D eigenvalue weighted by Gasteiger charge is -2.06. The highest BCUT2D eigenvalue weighted by atomic mass is 16.7. The van der Waals surface area contributed by atoms with Gasteiger partial charge in [0.2, 0.25) is 0 Å². The van der Waals surface area contributed by atoms with Gasteiger partial charge in [-0.15, -0.1) is 0 Å². The lowest BCUT2D eigenvalue weighted by molar-refractivity contribution is 0.144. The maximum Gasteiger partial charge on any atom is 0.511 e. The van der Waals surface area contributed by atoms with Gasteiger partial charge in [-0.3, -0.25) is 0 Å². The molecule has 17 heavy (non-hydrogen) atoms. The third-order valence-corrected chi connectivity index (χ3v) is 2.30. The lowest BCUT2D eigenvalue weighted by Crippen LogP contribution is -2.03. The molecule has 0 aliphatic rings. The number of ether oxygens (including phenoxy) is 2. The zero-order chi connectivity index (χ0) is 12.5. The Hall–Kier alpha value is -1.71. The molecule has 0 spiro atoms. The summed E-state index contributed by atoms with van der Waals surface area (Å²) in [6.07, 6.45) is 3.35. The first kappa shape index (κ1) is 13.4. The summed E-state index contributed by atoms with van der Waals surface area (Å²) in [4.78, 5) is 10.3. The topological polar surface area (TPSA) is 55.8 Å². The molecule has 0 aliphatic heterocycles. The highest BCUT2D eigenvalue weighted by molar-refractivity contribution is 5.61. The third kappa shape index (κ3) is 5.80. The maximum atomic E-state index is 10.3. The van der Waals surface area contributed by atoms with Crippen LogP contribution in [0.4, 0.5) is 4.79 Å². The van der Waals surface area contributed by atoms with Gasteiger partial charge in [0, 0.05) is 0 Å². The van der Waals surface area contributed by atoms with E-state index in [0.717, 1.165) is 12.2 Å². The van der Waals surface area contributed by atoms with Crippen molar-refractivity contribution in [3.8, 4) is 11.5 Å². The molecule has 0 radical (unpaired) electrons. The monoisotopic (exact) mass is 238 g/mol. The standard InChI is InChI=1S/C13H18O4/c1-2-3-4-5-10-16-11-6-8-12(9-7-11)17-13(14)15/h6-9H,2-5,10H2,1H3,(H,14,15). The largest absolute Gasteiger partial charge is 0.511 e. The van der Waals surface area contributed by atoms with Crippen LogP contribution in [0.1, 0.15) is 32.6 Å². The molecule has 0 bridgehead atoms. The van der Waals surface area contributed by atoms with E-state index in [0.29, 0.717) is 12.4 Å². The van der Waals surface area contributed by atoms with Crippen molar-refractivity contribution in [2.24, 2.45) is 0 Å². The minimum Gasteiger partial charge on any atom is -0.494 e. The molecule has 0 unspecified atom stereocenters. The molecule has 0 saturated carbocycles. The van der Waals surface area contributed by atoms with Gasteiger partial charge >= 0.3 is 6.16 Å². The van der Waals surface area contributed by atoms with E-state index in [4.69, 9.17) is 9.84 Å². The average Bonchev–Trinajstić information content (AvgIpc) is 2.30. The Kier molecular flexibility index (Phi) is 5.93. The van der Waals surface area contributed by atoms with Crippen molar-refractivity contribution in [1.82, 2.24) is 0 Å². The van der Waals surface area contributed by atoms with Crippen molar-refractivity contribution < 1.29 is 19.4 Å². The van der Waals surface area contributed by atoms with Crippen LogP contribution in [0.15, 0.2) is 24.3 Å². The van der Waals surface area contributed by atoms with Crippen LogP contribution in [0.2, 0.25) is 0 Å². The Morgan fingerprint density at radius 1 is 1.12 bits per heavy atom. The van der Waals surface area contributed by atoms with Gasteiger partial charge in [0.25, 0.3) is 0 Å². The number of hydrogen-bond acceptors (Lipinski definition) is 3. The van der Waals surface area contributed by atoms with Crippen molar-refractivity contribution in [3.63, 3.8) is 0 Å². The lowest BCUT2D eigenvalue weighted by atomic mass is 10.2. The highest BCUT2D eigenvalue weighted by Gasteiger charge is 2.00. The number of carbonyl (C=O) groups is 1. The number of rotatable bonds is 7. The van der Waals surface area contributed by atoms with Crippen molar-refractivity contribution >= 4 is 6.16 Å². The molecule has 94 valence electrons. The molecule has 1 N–H and O–H groups in total. The molecule has 4 heteroatoms. The van der Waals surface area contributed by atoms with E-state index >= 15 is 0 Å². The quantitative estimate of drug-likeness (QED) is 0.447. The summed E-state index contributed by atoms with van der Waals surface area (Å²) in [5.41, 5.74) is 0. The Morgan fingerprint density at radius 3 is 2.35 bits per heavy atom. The van der Waals surface area contributed by atoms with Gasteiger partial charge in [-0.2, -0.15) is 0 Å². The summed E-state index contributed by atoms with van der Waals surface area (Å²) < 4.78 is 10.00. The van der Waals surface area contributed by atoms with Crippen LogP contribution >= 0.6 is 0 Å². The molecule has 0 atom stereocenters. The molecule has 1 aromatic rings. The minimum absolute atomic E-state index is 0.302. The van der Waals surface area contributed by atoms with Gasteiger partial charge in [0.1, 0.15) is 11.5 Å². The molecular weight excluding hydrogens is 220 g/mol. The fourth-order valence-electron chi connectivity index (χ4n) is 1.42. The second-order valence-corrected chi connectivity index (χ2v) is 3.75. The smallest absolute Gasteiger partial charge is 0.494 e. The summed E-state index contributed by atoms with van der Waals surface area (Å²) in [6, 6.07) is 6.57. The van der Waals surface area contributed by atoms with Crippen molar-refractivity contribution in [1.29, 1.82) is 0 Å². The van der Waals surface area contributed by atoms with Crippen LogP contribution in [0, 0.1) is 0 Å². The Bertz CT molecular complexity index is 332. The van der Waals surface area contributed by atoms with E-state index in [1.807, 2.05) is 0 Å². The molecule has 0 aliphatic carbocycles. The minimum atomic E-state index is -1.31. The van der Waals surface area contributed by atoms with E-state index in [2.05, 4.69) is 11.7 Å². The zero-order valence-electron chi connectivity index (χ0n) is 10.0. The van der Waals surface area contributed by atoms with Crippen molar-refractivity contribution in [3.05, 3.63) is 24.3 Å². The van der Waals surface area contributed by atoms with Gasteiger partial charge in [0.15, 0.2) is 0 Å². The first-order valence-electron chi connectivity index (χ1n) is 5.86. The van der Waals surface area contributed by atoms with E-state index in [1.165, 1.54) is 19.3 Å². The molecule has 1 rings (SSSR count). The van der Waals surface area contributed by atoms with Crippen LogP contribution in [0.3, 0.4) is 0 Å². The van der Waals surface area contributed by atoms with E-state index in [9.17, 15) is 4.79 Å². The van der Waals surface area contributed by atoms with Gasteiger partial charge in [-0.05, 0) is 30.7 Å². The SMILES string of the molecule is CCCCCCOc1ccc(OC(=O)O)cc1. The van der Waals surface area contributed by atoms with Crippen molar-refractivity contribution in [2.75, 3.05) is 6.61 Å². The molecule has 0 saturated heterocycles. The number of carboxylic acid groups (broad SMARTS) is 1. The average molecular weight is 238 g/mol. The predicted molar refractivity (Wildman–Crippen MR) is 64.7 cm³/mol. The number of unbranched alkanes of at least 4 members (excludes halogenated alkanes) is 3. The maximum absolute atomic E-state index is 10.3. The molecular formula is C13H18O4. The van der Waals surface area contributed by atoms with E-state index in [-0.39, 0.29) is 0 Å². The summed E-state index contributed by atoms with van der Waals surface area (Å²) in [7, 11) is 0. The summed E-state index contributed by atoms with van der Waals surface area (Å²) in [6.45, 7) is 2.86. The normalized spacial score (nSPS) is 9.94. The van der Waals surface area contributed by atoms with Crippen LogP contribution in [-0.4, -0.2) is 17.9 Å². The summed E-state index contributed by atoms with van der Waals surface area (Å²) in [5.74, 6) is 1.04. The van der Waals surface area contributed by atoms with E-state index < -0.39 is 6.16 Å². The summed E-state index contributed by atoms with van der Waals surface area (Å²) >= 11 is 0. The van der Waals surface area contributed by atoms with Gasteiger partial charge in [-0.25, -0.2) is 4.79 Å². The molecule has 0 fully saturated rings. The number of hydrogen-bond donors (Lipinski definition) is 1. The van der Waals surface area contributed by atoms with Crippen molar-refractivity contribution in [2.45, 2.75) is 32.6 Å². The first-order chi connectivity index (χ1) is 8.22. The molecule has 0 aromatic heterocycles. The first-order valence-corrected chi connectivity index (χ1v) is 5.86. The van der Waals surface area contributed by atoms with Gasteiger partial charge in [-0.1, -0.05) is 26.2 Å². The van der Waals surface area contributed by atoms with Crippen LogP contribution < -0.4 is 9.47 Å². The molecule has 1 aromatic carbocycles. The van der Waals surface area contributed by atoms with Gasteiger partial charge in [0.05, 0.1) is 6.61 Å². The van der Waals surface area contributed by atoms with E-state index in [1.54, 1.807) is 24.3 Å². The molecule has 0 heterocycles. The van der Waals surface area contributed by atoms with Crippen LogP contribution in [-0.2, 0) is 0 Å². The Balaban J connectivity index is 2.28. The highest BCUT2D eigenvalue weighted by Crippen LogP contribution is 2.18.